The van der Waals surface area contributed by atoms with Crippen molar-refractivity contribution in [2.45, 2.75) is 66.7 Å². The van der Waals surface area contributed by atoms with E-state index < -0.39 is 0 Å². The summed E-state index contributed by atoms with van der Waals surface area (Å²) in [6, 6.07) is 3.87. The van der Waals surface area contributed by atoms with Gasteiger partial charge in [-0.15, -0.1) is 24.0 Å². The molecule has 0 saturated heterocycles. The van der Waals surface area contributed by atoms with Crippen LogP contribution in [0.1, 0.15) is 57.2 Å². The average molecular weight is 501 g/mol. The molecule has 2 rings (SSSR count). The lowest BCUT2D eigenvalue weighted by molar-refractivity contribution is 0.232. The number of aryl methyl sites for hydroxylation is 2. The van der Waals surface area contributed by atoms with Gasteiger partial charge in [0.1, 0.15) is 5.76 Å². The van der Waals surface area contributed by atoms with E-state index in [1.54, 1.807) is 6.20 Å². The number of pyridine rings is 1. The molecule has 0 aliphatic rings. The van der Waals surface area contributed by atoms with Gasteiger partial charge in [-0.2, -0.15) is 0 Å². The molecule has 0 saturated carbocycles. The van der Waals surface area contributed by atoms with Gasteiger partial charge in [0.05, 0.1) is 18.3 Å². The Kier molecular flexibility index (Phi) is 10.9. The van der Waals surface area contributed by atoms with E-state index in [1.165, 1.54) is 0 Å². The summed E-state index contributed by atoms with van der Waals surface area (Å²) in [6.45, 7) is 12.1. The second kappa shape index (κ2) is 12.6. The van der Waals surface area contributed by atoms with Crippen LogP contribution < -0.4 is 15.4 Å². The Morgan fingerprint density at radius 3 is 2.54 bits per heavy atom. The fourth-order valence-corrected chi connectivity index (χ4v) is 2.64. The molecule has 8 heteroatoms. The monoisotopic (exact) mass is 501 g/mol. The predicted molar refractivity (Wildman–Crippen MR) is 122 cm³/mol. The molecule has 2 N–H and O–H groups in total. The first-order valence-corrected chi connectivity index (χ1v) is 9.67. The molecular weight excluding hydrogens is 469 g/mol. The first kappa shape index (κ1) is 24.2. The number of aliphatic imine (C=N–C) groups is 1. The first-order valence-electron chi connectivity index (χ1n) is 9.67. The van der Waals surface area contributed by atoms with E-state index in [-0.39, 0.29) is 30.1 Å². The van der Waals surface area contributed by atoms with E-state index in [1.807, 2.05) is 32.9 Å². The largest absolute Gasteiger partial charge is 0.475 e. The number of halogens is 1. The van der Waals surface area contributed by atoms with Crippen LogP contribution in [0.4, 0.5) is 0 Å². The van der Waals surface area contributed by atoms with Crippen molar-refractivity contribution in [2.75, 3.05) is 6.54 Å². The molecule has 0 aliphatic carbocycles. The number of rotatable bonds is 9. The Morgan fingerprint density at radius 1 is 1.18 bits per heavy atom. The number of ether oxygens (including phenoxy) is 1. The van der Waals surface area contributed by atoms with Gasteiger partial charge >= 0.3 is 0 Å². The number of nitrogens with zero attached hydrogens (tertiary/aromatic N) is 3. The fourth-order valence-electron chi connectivity index (χ4n) is 2.64. The van der Waals surface area contributed by atoms with Crippen molar-refractivity contribution in [3.63, 3.8) is 0 Å². The summed E-state index contributed by atoms with van der Waals surface area (Å²) in [5.41, 5.74) is 3.15. The van der Waals surface area contributed by atoms with E-state index in [2.05, 4.69) is 39.6 Å². The van der Waals surface area contributed by atoms with Gasteiger partial charge in [0.25, 0.3) is 0 Å². The normalized spacial score (nSPS) is 11.3. The van der Waals surface area contributed by atoms with Crippen LogP contribution in [-0.2, 0) is 25.9 Å². The summed E-state index contributed by atoms with van der Waals surface area (Å²) in [5.74, 6) is 2.32. The van der Waals surface area contributed by atoms with Crippen LogP contribution in [0.2, 0.25) is 0 Å². The summed E-state index contributed by atoms with van der Waals surface area (Å²) in [5, 5.41) is 10.8. The third-order valence-electron chi connectivity index (χ3n) is 3.96. The van der Waals surface area contributed by atoms with Gasteiger partial charge in [0.2, 0.25) is 5.88 Å². The van der Waals surface area contributed by atoms with Crippen molar-refractivity contribution >= 4 is 29.9 Å². The van der Waals surface area contributed by atoms with Gasteiger partial charge in [0.15, 0.2) is 5.96 Å². The maximum absolute atomic E-state index is 5.57. The minimum atomic E-state index is 0. The highest BCUT2D eigenvalue weighted by Gasteiger charge is 2.13. The maximum atomic E-state index is 5.57. The molecule has 0 aromatic carbocycles. The van der Waals surface area contributed by atoms with Crippen molar-refractivity contribution in [2.24, 2.45) is 4.99 Å². The number of nitrogens with one attached hydrogen (secondary N) is 2. The van der Waals surface area contributed by atoms with Crippen molar-refractivity contribution in [1.82, 2.24) is 20.8 Å². The highest BCUT2D eigenvalue weighted by atomic mass is 127. The van der Waals surface area contributed by atoms with Crippen LogP contribution in [0.5, 0.6) is 5.88 Å². The van der Waals surface area contributed by atoms with Crippen molar-refractivity contribution < 1.29 is 9.26 Å². The lowest BCUT2D eigenvalue weighted by atomic mass is 10.1. The van der Waals surface area contributed by atoms with E-state index in [9.17, 15) is 0 Å². The van der Waals surface area contributed by atoms with E-state index in [0.717, 1.165) is 47.9 Å². The SMILES string of the molecule is CCNC(=NCc1ccc(OC(C)C)nc1)NCc1c(CC)noc1CC.I. The molecule has 28 heavy (non-hydrogen) atoms. The molecule has 0 radical (unpaired) electrons. The van der Waals surface area contributed by atoms with Crippen molar-refractivity contribution in [3.8, 4) is 5.88 Å². The second-order valence-corrected chi connectivity index (χ2v) is 6.46. The minimum Gasteiger partial charge on any atom is -0.475 e. The van der Waals surface area contributed by atoms with E-state index in [4.69, 9.17) is 9.26 Å². The van der Waals surface area contributed by atoms with Crippen LogP contribution in [0.15, 0.2) is 27.8 Å². The summed E-state index contributed by atoms with van der Waals surface area (Å²) in [6.07, 6.45) is 3.60. The topological polar surface area (TPSA) is 84.6 Å². The van der Waals surface area contributed by atoms with Crippen LogP contribution in [0.25, 0.3) is 0 Å². The standard InChI is InChI=1S/C20H31N5O2.HI/c1-6-17-16(18(7-2)27-25-17)13-24-20(21-8-3)23-12-15-9-10-19(22-11-15)26-14(4)5;/h9-11,14H,6-8,12-13H2,1-5H3,(H2,21,23,24);1H. The fraction of sp³-hybridized carbons (Fsp3) is 0.550. The lowest BCUT2D eigenvalue weighted by Crippen LogP contribution is -2.37. The number of hydrogen-bond acceptors (Lipinski definition) is 5. The number of guanidine groups is 1. The van der Waals surface area contributed by atoms with Crippen LogP contribution in [0.3, 0.4) is 0 Å². The molecular formula is C20H32IN5O2. The zero-order valence-electron chi connectivity index (χ0n) is 17.4. The molecule has 0 amide bonds. The van der Waals surface area contributed by atoms with Gasteiger partial charge in [-0.05, 0) is 32.8 Å². The van der Waals surface area contributed by atoms with E-state index in [0.29, 0.717) is 19.0 Å². The molecule has 2 aromatic heterocycles. The van der Waals surface area contributed by atoms with Crippen LogP contribution in [-0.4, -0.2) is 28.7 Å². The molecule has 0 spiro atoms. The van der Waals surface area contributed by atoms with Gasteiger partial charge in [-0.25, -0.2) is 9.98 Å². The van der Waals surface area contributed by atoms with Crippen molar-refractivity contribution in [1.29, 1.82) is 0 Å². The Morgan fingerprint density at radius 2 is 1.96 bits per heavy atom. The third-order valence-corrected chi connectivity index (χ3v) is 3.96. The summed E-state index contributed by atoms with van der Waals surface area (Å²) < 4.78 is 11.0. The highest BCUT2D eigenvalue weighted by Crippen LogP contribution is 2.15. The molecule has 2 aromatic rings. The van der Waals surface area contributed by atoms with E-state index >= 15 is 0 Å². The Labute approximate surface area is 184 Å². The van der Waals surface area contributed by atoms with Crippen LogP contribution >= 0.6 is 24.0 Å². The van der Waals surface area contributed by atoms with Gasteiger partial charge in [0, 0.05) is 37.3 Å². The number of aromatic nitrogens is 2. The molecule has 0 atom stereocenters. The predicted octanol–water partition coefficient (Wildman–Crippen LogP) is 3.85. The Balaban J connectivity index is 0.00000392. The third kappa shape index (κ3) is 7.29. The van der Waals surface area contributed by atoms with Gasteiger partial charge in [-0.1, -0.05) is 25.1 Å². The zero-order chi connectivity index (χ0) is 19.6. The molecule has 2 heterocycles. The summed E-state index contributed by atoms with van der Waals surface area (Å²) >= 11 is 0. The summed E-state index contributed by atoms with van der Waals surface area (Å²) in [4.78, 5) is 8.97. The molecule has 0 unspecified atom stereocenters. The molecule has 0 fully saturated rings. The molecule has 0 aliphatic heterocycles. The Bertz CT molecular complexity index is 707. The lowest BCUT2D eigenvalue weighted by Gasteiger charge is -2.12. The van der Waals surface area contributed by atoms with Crippen LogP contribution in [0, 0.1) is 0 Å². The molecule has 156 valence electrons. The maximum Gasteiger partial charge on any atom is 0.213 e. The van der Waals surface area contributed by atoms with Gasteiger partial charge in [-0.3, -0.25) is 0 Å². The highest BCUT2D eigenvalue weighted by molar-refractivity contribution is 14.0. The molecule has 7 nitrogen and oxygen atoms in total. The average Bonchev–Trinajstić information content (AvgIpc) is 3.06. The smallest absolute Gasteiger partial charge is 0.213 e. The van der Waals surface area contributed by atoms with Crippen molar-refractivity contribution in [3.05, 3.63) is 40.9 Å². The zero-order valence-corrected chi connectivity index (χ0v) is 19.7. The quantitative estimate of drug-likeness (QED) is 0.309. The second-order valence-electron chi connectivity index (χ2n) is 6.46. The Hall–Kier alpha value is -1.84. The minimum absolute atomic E-state index is 0. The number of hydrogen-bond donors (Lipinski definition) is 2. The van der Waals surface area contributed by atoms with Gasteiger partial charge < -0.3 is 19.9 Å². The first-order chi connectivity index (χ1) is 13.1. The molecule has 0 bridgehead atoms. The summed E-state index contributed by atoms with van der Waals surface area (Å²) in [7, 11) is 0.